The average molecular weight is 340 g/mol. The Kier molecular flexibility index (Phi) is 4.88. The van der Waals surface area contributed by atoms with Crippen molar-refractivity contribution in [3.8, 4) is 16.3 Å². The van der Waals surface area contributed by atoms with Gasteiger partial charge in [0.15, 0.2) is 6.10 Å². The zero-order chi connectivity index (χ0) is 16.9. The minimum absolute atomic E-state index is 0.472. The van der Waals surface area contributed by atoms with Crippen LogP contribution in [0.3, 0.4) is 0 Å². The Morgan fingerprint density at radius 1 is 1.21 bits per heavy atom. The van der Waals surface area contributed by atoms with Gasteiger partial charge in [-0.3, -0.25) is 4.79 Å². The summed E-state index contributed by atoms with van der Waals surface area (Å²) in [5.41, 5.74) is 1.45. The van der Waals surface area contributed by atoms with Gasteiger partial charge in [0.2, 0.25) is 0 Å². The third-order valence-electron chi connectivity index (χ3n) is 3.43. The highest BCUT2D eigenvalue weighted by Gasteiger charge is 2.19. The molecule has 0 bridgehead atoms. The summed E-state index contributed by atoms with van der Waals surface area (Å²) in [5, 5.41) is 14.3. The second kappa shape index (κ2) is 7.25. The molecule has 122 valence electrons. The molecule has 1 unspecified atom stereocenters. The molecule has 5 nitrogen and oxygen atoms in total. The van der Waals surface area contributed by atoms with Gasteiger partial charge in [-0.25, -0.2) is 4.98 Å². The predicted molar refractivity (Wildman–Crippen MR) is 94.1 cm³/mol. The summed E-state index contributed by atoms with van der Waals surface area (Å²) < 4.78 is 5.10. The lowest BCUT2D eigenvalue weighted by Gasteiger charge is -2.11. The third-order valence-corrected chi connectivity index (χ3v) is 4.39. The number of aromatic nitrogens is 1. The van der Waals surface area contributed by atoms with Crippen molar-refractivity contribution in [1.29, 1.82) is 0 Å². The molecule has 3 aromatic rings. The number of carbonyl (C=O) groups excluding carboxylic acids is 1. The maximum atomic E-state index is 12.2. The molecule has 0 aliphatic heterocycles. The molecule has 0 saturated heterocycles. The minimum Gasteiger partial charge on any atom is -0.497 e. The number of benzene rings is 2. The second-order valence-corrected chi connectivity index (χ2v) is 6.09. The van der Waals surface area contributed by atoms with E-state index >= 15 is 0 Å². The Labute approximate surface area is 143 Å². The first-order valence-electron chi connectivity index (χ1n) is 7.31. The number of ether oxygens (including phenoxy) is 1. The van der Waals surface area contributed by atoms with Crippen LogP contribution < -0.4 is 10.1 Å². The highest BCUT2D eigenvalue weighted by atomic mass is 32.1. The fourth-order valence-electron chi connectivity index (χ4n) is 2.20. The van der Waals surface area contributed by atoms with Crippen LogP contribution in [0.2, 0.25) is 0 Å². The van der Waals surface area contributed by atoms with Crippen molar-refractivity contribution in [3.63, 3.8) is 0 Å². The number of thiazole rings is 1. The van der Waals surface area contributed by atoms with E-state index < -0.39 is 12.0 Å². The number of hydrogen-bond acceptors (Lipinski definition) is 5. The molecule has 0 fully saturated rings. The molecule has 2 aromatic carbocycles. The number of hydrogen-bond donors (Lipinski definition) is 2. The molecule has 1 aromatic heterocycles. The first kappa shape index (κ1) is 16.2. The summed E-state index contributed by atoms with van der Waals surface area (Å²) in [6.45, 7) is 0. The SMILES string of the molecule is COc1cccc(C(O)C(=O)Nc2cnc(-c3ccccc3)s2)c1. The fourth-order valence-corrected chi connectivity index (χ4v) is 3.02. The van der Waals surface area contributed by atoms with E-state index in [0.29, 0.717) is 16.3 Å². The van der Waals surface area contributed by atoms with E-state index in [-0.39, 0.29) is 0 Å². The Morgan fingerprint density at radius 3 is 2.75 bits per heavy atom. The lowest BCUT2D eigenvalue weighted by atomic mass is 10.1. The van der Waals surface area contributed by atoms with Gasteiger partial charge in [-0.05, 0) is 17.7 Å². The maximum Gasteiger partial charge on any atom is 0.258 e. The van der Waals surface area contributed by atoms with Crippen LogP contribution in [-0.2, 0) is 4.79 Å². The monoisotopic (exact) mass is 340 g/mol. The number of aliphatic hydroxyl groups excluding tert-OH is 1. The van der Waals surface area contributed by atoms with Crippen LogP contribution in [0, 0.1) is 0 Å². The van der Waals surface area contributed by atoms with Crippen molar-refractivity contribution >= 4 is 22.2 Å². The summed E-state index contributed by atoms with van der Waals surface area (Å²) in [6.07, 6.45) is 0.311. The highest BCUT2D eigenvalue weighted by Crippen LogP contribution is 2.29. The molecule has 6 heteroatoms. The molecule has 3 rings (SSSR count). The number of amides is 1. The molecule has 1 amide bonds. The summed E-state index contributed by atoms with van der Waals surface area (Å²) in [4.78, 5) is 16.5. The number of rotatable bonds is 5. The lowest BCUT2D eigenvalue weighted by molar-refractivity contribution is -0.124. The van der Waals surface area contributed by atoms with Crippen molar-refractivity contribution in [2.24, 2.45) is 0 Å². The molecule has 0 aliphatic rings. The number of nitrogens with zero attached hydrogens (tertiary/aromatic N) is 1. The minimum atomic E-state index is -1.28. The van der Waals surface area contributed by atoms with Crippen LogP contribution >= 0.6 is 11.3 Å². The van der Waals surface area contributed by atoms with E-state index in [2.05, 4.69) is 10.3 Å². The Balaban J connectivity index is 1.71. The smallest absolute Gasteiger partial charge is 0.258 e. The second-order valence-electron chi connectivity index (χ2n) is 5.06. The van der Waals surface area contributed by atoms with Crippen molar-refractivity contribution in [1.82, 2.24) is 4.98 Å². The molecule has 2 N–H and O–H groups in total. The molecule has 0 radical (unpaired) electrons. The zero-order valence-corrected chi connectivity index (χ0v) is 13.8. The number of aliphatic hydroxyl groups is 1. The topological polar surface area (TPSA) is 71.5 Å². The van der Waals surface area contributed by atoms with Crippen molar-refractivity contribution < 1.29 is 14.6 Å². The summed E-state index contributed by atoms with van der Waals surface area (Å²) >= 11 is 1.36. The fraction of sp³-hybridized carbons (Fsp3) is 0.111. The summed E-state index contributed by atoms with van der Waals surface area (Å²) in [5.74, 6) is 0.0787. The predicted octanol–water partition coefficient (Wildman–Crippen LogP) is 3.49. The number of anilines is 1. The molecule has 24 heavy (non-hydrogen) atoms. The van der Waals surface area contributed by atoms with Crippen LogP contribution in [0.1, 0.15) is 11.7 Å². The Morgan fingerprint density at radius 2 is 2.00 bits per heavy atom. The molecule has 0 spiro atoms. The lowest BCUT2D eigenvalue weighted by Crippen LogP contribution is -2.20. The third kappa shape index (κ3) is 3.61. The molecular weight excluding hydrogens is 324 g/mol. The van der Waals surface area contributed by atoms with Crippen LogP contribution in [0.25, 0.3) is 10.6 Å². The van der Waals surface area contributed by atoms with Crippen molar-refractivity contribution in [2.75, 3.05) is 12.4 Å². The van der Waals surface area contributed by atoms with Gasteiger partial charge < -0.3 is 15.2 Å². The quantitative estimate of drug-likeness (QED) is 0.746. The van der Waals surface area contributed by atoms with Crippen LogP contribution in [0.4, 0.5) is 5.00 Å². The van der Waals surface area contributed by atoms with Gasteiger partial charge >= 0.3 is 0 Å². The number of carbonyl (C=O) groups is 1. The Hall–Kier alpha value is -2.70. The normalized spacial score (nSPS) is 11.8. The average Bonchev–Trinajstić information content (AvgIpc) is 3.10. The standard InChI is InChI=1S/C18H16N2O3S/c1-23-14-9-5-8-13(10-14)16(21)17(22)20-15-11-19-18(24-15)12-6-3-2-4-7-12/h2-11,16,21H,1H3,(H,20,22). The van der Waals surface area contributed by atoms with Gasteiger partial charge in [0, 0.05) is 5.56 Å². The zero-order valence-electron chi connectivity index (χ0n) is 13.0. The van der Waals surface area contributed by atoms with E-state index in [9.17, 15) is 9.90 Å². The van der Waals surface area contributed by atoms with Gasteiger partial charge in [-0.2, -0.15) is 0 Å². The number of nitrogens with one attached hydrogen (secondary N) is 1. The number of methoxy groups -OCH3 is 1. The van der Waals surface area contributed by atoms with Crippen molar-refractivity contribution in [3.05, 3.63) is 66.4 Å². The molecule has 0 aliphatic carbocycles. The van der Waals surface area contributed by atoms with E-state index in [1.165, 1.54) is 18.4 Å². The van der Waals surface area contributed by atoms with Gasteiger partial charge in [-0.1, -0.05) is 53.8 Å². The first-order chi connectivity index (χ1) is 11.7. The summed E-state index contributed by atoms with van der Waals surface area (Å²) in [7, 11) is 1.54. The van der Waals surface area contributed by atoms with Gasteiger partial charge in [0.25, 0.3) is 5.91 Å². The van der Waals surface area contributed by atoms with Crippen LogP contribution in [0.15, 0.2) is 60.8 Å². The largest absolute Gasteiger partial charge is 0.497 e. The van der Waals surface area contributed by atoms with Crippen molar-refractivity contribution in [2.45, 2.75) is 6.10 Å². The molecule has 1 heterocycles. The summed E-state index contributed by atoms with van der Waals surface area (Å²) in [6, 6.07) is 16.5. The molecular formula is C18H16N2O3S. The van der Waals surface area contributed by atoms with E-state index in [1.54, 1.807) is 30.5 Å². The van der Waals surface area contributed by atoms with Crippen LogP contribution in [0.5, 0.6) is 5.75 Å². The van der Waals surface area contributed by atoms with Crippen LogP contribution in [-0.4, -0.2) is 23.1 Å². The van der Waals surface area contributed by atoms with Gasteiger partial charge in [0.1, 0.15) is 15.8 Å². The first-order valence-corrected chi connectivity index (χ1v) is 8.13. The van der Waals surface area contributed by atoms with E-state index in [4.69, 9.17) is 4.74 Å². The van der Waals surface area contributed by atoms with Gasteiger partial charge in [-0.15, -0.1) is 0 Å². The molecule has 0 saturated carbocycles. The van der Waals surface area contributed by atoms with E-state index in [1.807, 2.05) is 30.3 Å². The Bertz CT molecular complexity index is 833. The molecule has 1 atom stereocenters. The van der Waals surface area contributed by atoms with Gasteiger partial charge in [0.05, 0.1) is 13.3 Å². The van der Waals surface area contributed by atoms with E-state index in [0.717, 1.165) is 10.6 Å². The highest BCUT2D eigenvalue weighted by molar-refractivity contribution is 7.19. The maximum absolute atomic E-state index is 12.2.